The Morgan fingerprint density at radius 2 is 1.94 bits per heavy atom. The third-order valence-electron chi connectivity index (χ3n) is 4.95. The van der Waals surface area contributed by atoms with Crippen LogP contribution in [0.4, 0.5) is 5.13 Å². The molecule has 2 aromatic carbocycles. The van der Waals surface area contributed by atoms with Crippen molar-refractivity contribution in [2.45, 2.75) is 32.6 Å². The number of thiazole rings is 1. The van der Waals surface area contributed by atoms with Crippen molar-refractivity contribution in [2.24, 2.45) is 4.99 Å². The molecule has 5 nitrogen and oxygen atoms in total. The van der Waals surface area contributed by atoms with Gasteiger partial charge in [-0.15, -0.1) is 0 Å². The fraction of sp³-hybridized carbons (Fsp3) is 0.208. The Morgan fingerprint density at radius 1 is 1.19 bits per heavy atom. The maximum absolute atomic E-state index is 12.7. The van der Waals surface area contributed by atoms with Crippen LogP contribution in [0.2, 0.25) is 0 Å². The first-order chi connectivity index (χ1) is 15.1. The second-order valence-corrected chi connectivity index (χ2v) is 12.0. The van der Waals surface area contributed by atoms with E-state index in [9.17, 15) is 9.90 Å². The second-order valence-electron chi connectivity index (χ2n) is 8.49. The number of halogens is 2. The zero-order chi connectivity index (χ0) is 23.0. The molecule has 0 unspecified atom stereocenters. The summed E-state index contributed by atoms with van der Waals surface area (Å²) in [6.45, 7) is 6.33. The van der Waals surface area contributed by atoms with Crippen LogP contribution in [0.5, 0.6) is 5.75 Å². The molecule has 0 saturated heterocycles. The molecule has 0 atom stereocenters. The lowest BCUT2D eigenvalue weighted by atomic mass is 9.90. The molecule has 2 aromatic heterocycles. The summed E-state index contributed by atoms with van der Waals surface area (Å²) in [5, 5.41) is 12.0. The van der Waals surface area contributed by atoms with Crippen molar-refractivity contribution in [3.8, 4) is 5.75 Å². The van der Waals surface area contributed by atoms with Crippen LogP contribution < -0.4 is 5.56 Å². The van der Waals surface area contributed by atoms with Crippen LogP contribution in [0.3, 0.4) is 0 Å². The summed E-state index contributed by atoms with van der Waals surface area (Å²) in [5.41, 5.74) is 2.85. The number of hydrogen-bond donors (Lipinski definition) is 2. The van der Waals surface area contributed by atoms with Crippen LogP contribution in [-0.4, -0.2) is 21.3 Å². The summed E-state index contributed by atoms with van der Waals surface area (Å²) in [7, 11) is 0. The largest absolute Gasteiger partial charge is 0.506 e. The fourth-order valence-corrected chi connectivity index (χ4v) is 6.43. The quantitative estimate of drug-likeness (QED) is 0.192. The van der Waals surface area contributed by atoms with Gasteiger partial charge in [-0.1, -0.05) is 50.3 Å². The number of fused-ring (bicyclic) bond motifs is 1. The van der Waals surface area contributed by atoms with Crippen molar-refractivity contribution in [1.29, 1.82) is 0 Å². The number of rotatable bonds is 4. The van der Waals surface area contributed by atoms with E-state index < -0.39 is 0 Å². The van der Waals surface area contributed by atoms with Crippen molar-refractivity contribution in [3.63, 3.8) is 0 Å². The lowest BCUT2D eigenvalue weighted by Crippen LogP contribution is -2.17. The number of aromatic nitrogens is 2. The van der Waals surface area contributed by atoms with Crippen LogP contribution in [0.1, 0.15) is 42.5 Å². The molecule has 0 saturated carbocycles. The zero-order valence-corrected chi connectivity index (χ0v) is 22.9. The van der Waals surface area contributed by atoms with Gasteiger partial charge in [-0.05, 0) is 74.8 Å². The monoisotopic (exact) mass is 669 g/mol. The Kier molecular flexibility index (Phi) is 6.73. The van der Waals surface area contributed by atoms with Gasteiger partial charge in [0.2, 0.25) is 5.13 Å². The molecule has 4 rings (SSSR count). The van der Waals surface area contributed by atoms with Gasteiger partial charge in [0.15, 0.2) is 0 Å². The van der Waals surface area contributed by atoms with Gasteiger partial charge >= 0.3 is 0 Å². The molecule has 2 heterocycles. The van der Waals surface area contributed by atoms with Crippen molar-refractivity contribution >= 4 is 78.8 Å². The third-order valence-corrected chi connectivity index (χ3v) is 7.36. The van der Waals surface area contributed by atoms with E-state index >= 15 is 0 Å². The zero-order valence-electron chi connectivity index (χ0n) is 17.7. The predicted molar refractivity (Wildman–Crippen MR) is 149 cm³/mol. The summed E-state index contributed by atoms with van der Waals surface area (Å²) in [4.78, 5) is 26.0. The van der Waals surface area contributed by atoms with Gasteiger partial charge in [0.25, 0.3) is 5.56 Å². The number of H-pyrrole nitrogens is 1. The first kappa shape index (κ1) is 23.4. The van der Waals surface area contributed by atoms with E-state index in [0.717, 1.165) is 28.6 Å². The number of aromatic hydroxyl groups is 1. The number of nitrogens with one attached hydrogen (secondary N) is 1. The molecule has 0 radical (unpaired) electrons. The van der Waals surface area contributed by atoms with Crippen LogP contribution in [-0.2, 0) is 11.8 Å². The molecule has 0 spiro atoms. The van der Waals surface area contributed by atoms with Crippen molar-refractivity contribution in [3.05, 3.63) is 81.7 Å². The number of aliphatic imine (C=N–C) groups is 1. The summed E-state index contributed by atoms with van der Waals surface area (Å²) in [5.74, 6) is 0.213. The highest BCUT2D eigenvalue weighted by Gasteiger charge is 2.24. The van der Waals surface area contributed by atoms with Gasteiger partial charge in [0.1, 0.15) is 5.75 Å². The van der Waals surface area contributed by atoms with Crippen LogP contribution >= 0.6 is 56.5 Å². The van der Waals surface area contributed by atoms with E-state index in [1.807, 2.05) is 42.5 Å². The molecule has 0 bridgehead atoms. The van der Waals surface area contributed by atoms with E-state index in [4.69, 9.17) is 4.98 Å². The first-order valence-electron chi connectivity index (χ1n) is 9.95. The average molecular weight is 669 g/mol. The standard InChI is InChI=1S/C24H21I2N3O2S/c1-24(2,3)21-19(10-14-8-13-6-4-5-7-18(13)28-22(14)31)32-23(29-21)27-12-15-9-16(25)11-17(26)20(15)30/h4-9,11-12,30H,10H2,1-3H3,(H,28,31)/b27-12+. The van der Waals surface area contributed by atoms with Crippen LogP contribution in [0.15, 0.2) is 52.3 Å². The maximum Gasteiger partial charge on any atom is 0.251 e. The minimum absolute atomic E-state index is 0.0830. The SMILES string of the molecule is CC(C)(C)c1nc(/N=C/c2cc(I)cc(I)c2O)sc1Cc1cc2ccccc2[nH]c1=O. The molecule has 0 amide bonds. The molecule has 0 aliphatic rings. The summed E-state index contributed by atoms with van der Waals surface area (Å²) in [6.07, 6.45) is 2.14. The van der Waals surface area contributed by atoms with Gasteiger partial charge < -0.3 is 10.1 Å². The molecule has 4 aromatic rings. The van der Waals surface area contributed by atoms with Gasteiger partial charge in [-0.2, -0.15) is 0 Å². The highest BCUT2D eigenvalue weighted by Crippen LogP contribution is 2.35. The average Bonchev–Trinajstić information content (AvgIpc) is 3.13. The Morgan fingerprint density at radius 3 is 2.69 bits per heavy atom. The second kappa shape index (κ2) is 9.22. The van der Waals surface area contributed by atoms with Gasteiger partial charge in [0.05, 0.1) is 9.26 Å². The summed E-state index contributed by atoms with van der Waals surface area (Å²) >= 11 is 5.81. The normalized spacial score (nSPS) is 12.2. The molecule has 0 fully saturated rings. The highest BCUT2D eigenvalue weighted by atomic mass is 127. The molecule has 0 aliphatic carbocycles. The number of pyridine rings is 1. The molecular formula is C24H21I2N3O2S. The summed E-state index contributed by atoms with van der Waals surface area (Å²) in [6, 6.07) is 13.5. The summed E-state index contributed by atoms with van der Waals surface area (Å²) < 4.78 is 1.80. The van der Waals surface area contributed by atoms with Crippen molar-refractivity contribution in [2.75, 3.05) is 0 Å². The minimum atomic E-state index is -0.192. The number of phenols is 1. The van der Waals surface area contributed by atoms with E-state index in [0.29, 0.717) is 22.7 Å². The van der Waals surface area contributed by atoms with Gasteiger partial charge in [-0.3, -0.25) is 4.79 Å². The smallest absolute Gasteiger partial charge is 0.251 e. The van der Waals surface area contributed by atoms with Gasteiger partial charge in [-0.25, -0.2) is 9.98 Å². The number of aromatic amines is 1. The lowest BCUT2D eigenvalue weighted by molar-refractivity contribution is 0.470. The molecule has 32 heavy (non-hydrogen) atoms. The van der Waals surface area contributed by atoms with Crippen LogP contribution in [0, 0.1) is 7.14 Å². The van der Waals surface area contributed by atoms with Crippen LogP contribution in [0.25, 0.3) is 10.9 Å². The maximum atomic E-state index is 12.7. The van der Waals surface area contributed by atoms with Crippen molar-refractivity contribution < 1.29 is 5.11 Å². The van der Waals surface area contributed by atoms with E-state index in [-0.39, 0.29) is 16.7 Å². The topological polar surface area (TPSA) is 78.3 Å². The van der Waals surface area contributed by atoms with E-state index in [2.05, 4.69) is 75.9 Å². The third kappa shape index (κ3) is 5.07. The highest BCUT2D eigenvalue weighted by molar-refractivity contribution is 14.1. The number of para-hydroxylation sites is 1. The number of nitrogens with zero attached hydrogens (tertiary/aromatic N) is 2. The Balaban J connectivity index is 1.72. The number of benzene rings is 2. The molecule has 2 N–H and O–H groups in total. The fourth-order valence-electron chi connectivity index (χ4n) is 3.41. The van der Waals surface area contributed by atoms with Gasteiger partial charge in [0, 0.05) is 43.1 Å². The lowest BCUT2D eigenvalue weighted by Gasteiger charge is -2.17. The first-order valence-corrected chi connectivity index (χ1v) is 12.9. The molecule has 164 valence electrons. The Bertz CT molecular complexity index is 1400. The molecule has 0 aliphatic heterocycles. The van der Waals surface area contributed by atoms with Crippen molar-refractivity contribution in [1.82, 2.24) is 9.97 Å². The Hall–Kier alpha value is -1.79. The minimum Gasteiger partial charge on any atom is -0.506 e. The molecular weight excluding hydrogens is 648 g/mol. The van der Waals surface area contributed by atoms with E-state index in [1.165, 1.54) is 11.3 Å². The predicted octanol–water partition coefficient (Wildman–Crippen LogP) is 6.54. The number of phenolic OH excluding ortho intramolecular Hbond substituents is 1. The van der Waals surface area contributed by atoms with E-state index in [1.54, 1.807) is 6.21 Å². The number of hydrogen-bond acceptors (Lipinski definition) is 5. The molecule has 8 heteroatoms. The Labute approximate surface area is 217 Å².